The summed E-state index contributed by atoms with van der Waals surface area (Å²) in [5, 5.41) is 3.07. The monoisotopic (exact) mass is 289 g/mol. The smallest absolute Gasteiger partial charge is 0.369 e. The van der Waals surface area contributed by atoms with Gasteiger partial charge in [-0.05, 0) is 6.92 Å². The number of hydrogen-bond acceptors (Lipinski definition) is 5. The van der Waals surface area contributed by atoms with Crippen molar-refractivity contribution in [1.29, 1.82) is 0 Å². The average molecular weight is 289 g/mol. The summed E-state index contributed by atoms with van der Waals surface area (Å²) < 4.78 is 36.9. The van der Waals surface area contributed by atoms with Crippen LogP contribution in [-0.2, 0) is 0 Å². The Morgan fingerprint density at radius 2 is 1.90 bits per heavy atom. The highest BCUT2D eigenvalue weighted by Crippen LogP contribution is 2.19. The molecule has 20 heavy (non-hydrogen) atoms. The third-order valence-corrected chi connectivity index (χ3v) is 3.08. The molecule has 1 N–H and O–H groups in total. The summed E-state index contributed by atoms with van der Waals surface area (Å²) in [5.74, 6) is 1.39. The number of nitrogens with one attached hydrogen (secondary N) is 1. The van der Waals surface area contributed by atoms with Crippen molar-refractivity contribution in [3.8, 4) is 0 Å². The van der Waals surface area contributed by atoms with Crippen LogP contribution in [0.3, 0.4) is 0 Å². The molecule has 0 aromatic carbocycles. The molecular formula is C12H18F3N5. The van der Waals surface area contributed by atoms with E-state index in [-0.39, 0.29) is 0 Å². The molecule has 1 aliphatic heterocycles. The van der Waals surface area contributed by atoms with Gasteiger partial charge in [0.05, 0.1) is 18.9 Å². The zero-order valence-electron chi connectivity index (χ0n) is 11.3. The summed E-state index contributed by atoms with van der Waals surface area (Å²) in [6.07, 6.45) is -0.861. The molecule has 8 heteroatoms. The minimum Gasteiger partial charge on any atom is -0.369 e. The third-order valence-electron chi connectivity index (χ3n) is 3.08. The number of piperazine rings is 1. The number of anilines is 2. The molecule has 1 fully saturated rings. The van der Waals surface area contributed by atoms with E-state index >= 15 is 0 Å². The molecule has 0 aliphatic carbocycles. The summed E-state index contributed by atoms with van der Waals surface area (Å²) in [6.45, 7) is 3.69. The Morgan fingerprint density at radius 1 is 1.20 bits per heavy atom. The molecule has 0 unspecified atom stereocenters. The molecule has 5 nitrogen and oxygen atoms in total. The number of alkyl halides is 3. The fourth-order valence-corrected chi connectivity index (χ4v) is 2.16. The predicted octanol–water partition coefficient (Wildman–Crippen LogP) is 1.59. The quantitative estimate of drug-likeness (QED) is 0.912. The number of halogens is 3. The molecule has 1 saturated heterocycles. The average Bonchev–Trinajstić information content (AvgIpc) is 2.38. The van der Waals surface area contributed by atoms with Crippen LogP contribution in [0.15, 0.2) is 12.4 Å². The minimum atomic E-state index is -4.13. The SMILES string of the molecule is CCNc1cncc(N2CCN(CC(F)(F)F)CC2)n1. The van der Waals surface area contributed by atoms with Gasteiger partial charge in [0.2, 0.25) is 0 Å². The van der Waals surface area contributed by atoms with Crippen LogP contribution in [0, 0.1) is 0 Å². The third kappa shape index (κ3) is 4.22. The fourth-order valence-electron chi connectivity index (χ4n) is 2.16. The normalized spacial score (nSPS) is 17.3. The Kier molecular flexibility index (Phi) is 4.64. The van der Waals surface area contributed by atoms with Crippen molar-refractivity contribution in [2.24, 2.45) is 0 Å². The lowest BCUT2D eigenvalue weighted by molar-refractivity contribution is -0.146. The van der Waals surface area contributed by atoms with Crippen LogP contribution in [-0.4, -0.2) is 60.3 Å². The van der Waals surface area contributed by atoms with Gasteiger partial charge in [0.25, 0.3) is 0 Å². The van der Waals surface area contributed by atoms with Crippen LogP contribution in [0.5, 0.6) is 0 Å². The lowest BCUT2D eigenvalue weighted by Gasteiger charge is -2.35. The molecule has 0 amide bonds. The van der Waals surface area contributed by atoms with Crippen LogP contribution in [0.4, 0.5) is 24.8 Å². The first-order valence-corrected chi connectivity index (χ1v) is 6.58. The summed E-state index contributed by atoms with van der Waals surface area (Å²) in [4.78, 5) is 11.9. The Labute approximate surface area is 115 Å². The Bertz CT molecular complexity index is 429. The van der Waals surface area contributed by atoms with E-state index in [1.165, 1.54) is 4.90 Å². The zero-order chi connectivity index (χ0) is 14.6. The van der Waals surface area contributed by atoms with Crippen molar-refractivity contribution in [2.75, 3.05) is 49.5 Å². The van der Waals surface area contributed by atoms with Crippen molar-refractivity contribution >= 4 is 11.6 Å². The van der Waals surface area contributed by atoms with Crippen molar-refractivity contribution in [1.82, 2.24) is 14.9 Å². The molecule has 1 aromatic rings. The topological polar surface area (TPSA) is 44.3 Å². The fraction of sp³-hybridized carbons (Fsp3) is 0.667. The van der Waals surface area contributed by atoms with Gasteiger partial charge in [0.15, 0.2) is 0 Å². The highest BCUT2D eigenvalue weighted by molar-refractivity contribution is 5.44. The van der Waals surface area contributed by atoms with Crippen molar-refractivity contribution in [3.05, 3.63) is 12.4 Å². The predicted molar refractivity (Wildman–Crippen MR) is 70.9 cm³/mol. The minimum absolute atomic E-state index is 0.382. The molecular weight excluding hydrogens is 271 g/mol. The number of hydrogen-bond donors (Lipinski definition) is 1. The van der Waals surface area contributed by atoms with E-state index in [1.807, 2.05) is 11.8 Å². The lowest BCUT2D eigenvalue weighted by atomic mass is 10.3. The van der Waals surface area contributed by atoms with Crippen molar-refractivity contribution in [2.45, 2.75) is 13.1 Å². The van der Waals surface area contributed by atoms with Crippen LogP contribution in [0.2, 0.25) is 0 Å². The molecule has 0 saturated carbocycles. The maximum Gasteiger partial charge on any atom is 0.401 e. The van der Waals surface area contributed by atoms with E-state index in [0.29, 0.717) is 37.8 Å². The Morgan fingerprint density at radius 3 is 2.50 bits per heavy atom. The number of rotatable bonds is 4. The first-order valence-electron chi connectivity index (χ1n) is 6.58. The molecule has 112 valence electrons. The number of nitrogens with zero attached hydrogens (tertiary/aromatic N) is 4. The highest BCUT2D eigenvalue weighted by Gasteiger charge is 2.32. The first kappa shape index (κ1) is 14.8. The van der Waals surface area contributed by atoms with E-state index in [2.05, 4.69) is 15.3 Å². The molecule has 2 rings (SSSR count). The summed E-state index contributed by atoms with van der Waals surface area (Å²) in [7, 11) is 0. The molecule has 2 heterocycles. The van der Waals surface area contributed by atoms with E-state index in [4.69, 9.17) is 0 Å². The van der Waals surface area contributed by atoms with Gasteiger partial charge in [-0.2, -0.15) is 13.2 Å². The standard InChI is InChI=1S/C12H18F3N5/c1-2-17-10-7-16-8-11(18-10)20-5-3-19(4-6-20)9-12(13,14)15/h7-8H,2-6,9H2,1H3,(H,17,18). The molecule has 0 atom stereocenters. The largest absolute Gasteiger partial charge is 0.401 e. The van der Waals surface area contributed by atoms with Crippen LogP contribution < -0.4 is 10.2 Å². The van der Waals surface area contributed by atoms with Gasteiger partial charge in [-0.1, -0.05) is 0 Å². The summed E-state index contributed by atoms with van der Waals surface area (Å²) in [5.41, 5.74) is 0. The molecule has 0 radical (unpaired) electrons. The second-order valence-electron chi connectivity index (χ2n) is 4.67. The highest BCUT2D eigenvalue weighted by atomic mass is 19.4. The van der Waals surface area contributed by atoms with Gasteiger partial charge < -0.3 is 10.2 Å². The second-order valence-corrected chi connectivity index (χ2v) is 4.67. The van der Waals surface area contributed by atoms with Gasteiger partial charge in [0.1, 0.15) is 11.6 Å². The van der Waals surface area contributed by atoms with Gasteiger partial charge in [-0.25, -0.2) is 4.98 Å². The second kappa shape index (κ2) is 6.25. The Hall–Kier alpha value is -1.57. The summed E-state index contributed by atoms with van der Waals surface area (Å²) in [6, 6.07) is 0. The van der Waals surface area contributed by atoms with Crippen LogP contribution in [0.25, 0.3) is 0 Å². The maximum absolute atomic E-state index is 12.3. The molecule has 1 aromatic heterocycles. The Balaban J connectivity index is 1.92. The molecule has 0 spiro atoms. The van der Waals surface area contributed by atoms with Crippen molar-refractivity contribution in [3.63, 3.8) is 0 Å². The van der Waals surface area contributed by atoms with Gasteiger partial charge in [-0.15, -0.1) is 0 Å². The van der Waals surface area contributed by atoms with Gasteiger partial charge in [-0.3, -0.25) is 9.88 Å². The van der Waals surface area contributed by atoms with E-state index < -0.39 is 12.7 Å². The van der Waals surface area contributed by atoms with Gasteiger partial charge >= 0.3 is 6.18 Å². The van der Waals surface area contributed by atoms with E-state index in [1.54, 1.807) is 12.4 Å². The first-order chi connectivity index (χ1) is 9.48. The summed E-state index contributed by atoms with van der Waals surface area (Å²) >= 11 is 0. The van der Waals surface area contributed by atoms with E-state index in [0.717, 1.165) is 6.54 Å². The molecule has 1 aliphatic rings. The van der Waals surface area contributed by atoms with Crippen LogP contribution >= 0.6 is 0 Å². The number of aromatic nitrogens is 2. The lowest BCUT2D eigenvalue weighted by Crippen LogP contribution is -2.49. The van der Waals surface area contributed by atoms with Crippen LogP contribution in [0.1, 0.15) is 6.92 Å². The van der Waals surface area contributed by atoms with Gasteiger partial charge in [0, 0.05) is 32.7 Å². The van der Waals surface area contributed by atoms with E-state index in [9.17, 15) is 13.2 Å². The zero-order valence-corrected chi connectivity index (χ0v) is 11.3. The van der Waals surface area contributed by atoms with Crippen molar-refractivity contribution < 1.29 is 13.2 Å². The molecule has 0 bridgehead atoms. The maximum atomic E-state index is 12.3.